The summed E-state index contributed by atoms with van der Waals surface area (Å²) in [6, 6.07) is 0.566. The quantitative estimate of drug-likeness (QED) is 0.887. The predicted molar refractivity (Wildman–Crippen MR) is 95.6 cm³/mol. The molecule has 0 amide bonds. The molecule has 2 heterocycles. The molecule has 0 aliphatic carbocycles. The first kappa shape index (κ1) is 16.7. The highest BCUT2D eigenvalue weighted by Gasteiger charge is 2.26. The van der Waals surface area contributed by atoms with Crippen molar-refractivity contribution in [3.63, 3.8) is 0 Å². The number of hydrogen-bond donors (Lipinski definition) is 1. The third-order valence-corrected chi connectivity index (χ3v) is 7.26. The van der Waals surface area contributed by atoms with Crippen LogP contribution in [-0.2, 0) is 11.8 Å². The van der Waals surface area contributed by atoms with E-state index < -0.39 is 0 Å². The molecule has 0 bridgehead atoms. The molecule has 1 fully saturated rings. The molecule has 0 aromatic carbocycles. The van der Waals surface area contributed by atoms with Gasteiger partial charge in [-0.3, -0.25) is 0 Å². The summed E-state index contributed by atoms with van der Waals surface area (Å²) in [7, 11) is 0. The van der Waals surface area contributed by atoms with Crippen molar-refractivity contribution >= 4 is 34.9 Å². The van der Waals surface area contributed by atoms with Gasteiger partial charge in [-0.15, -0.1) is 11.3 Å². The summed E-state index contributed by atoms with van der Waals surface area (Å²) in [5, 5.41) is 7.94. The van der Waals surface area contributed by atoms with Crippen LogP contribution in [0.5, 0.6) is 0 Å². The highest BCUT2D eigenvalue weighted by Crippen LogP contribution is 2.29. The molecule has 1 saturated heterocycles. The Morgan fingerprint density at radius 2 is 2.20 bits per heavy atom. The van der Waals surface area contributed by atoms with Crippen molar-refractivity contribution in [1.29, 1.82) is 0 Å². The Morgan fingerprint density at radius 3 is 2.75 bits per heavy atom. The fourth-order valence-electron chi connectivity index (χ4n) is 2.27. The molecule has 1 aromatic rings. The molecular formula is C15H26N2S3. The largest absolute Gasteiger partial charge is 0.313 e. The van der Waals surface area contributed by atoms with Gasteiger partial charge in [0.15, 0.2) is 0 Å². The van der Waals surface area contributed by atoms with E-state index in [-0.39, 0.29) is 5.41 Å². The van der Waals surface area contributed by atoms with Crippen LogP contribution in [0.15, 0.2) is 5.38 Å². The summed E-state index contributed by atoms with van der Waals surface area (Å²) in [6.07, 6.45) is 1.08. The van der Waals surface area contributed by atoms with Crippen molar-refractivity contribution in [2.75, 3.05) is 23.8 Å². The normalized spacial score (nSPS) is 21.9. The molecule has 114 valence electrons. The fraction of sp³-hybridized carbons (Fsp3) is 0.800. The van der Waals surface area contributed by atoms with Gasteiger partial charge in [-0.1, -0.05) is 27.7 Å². The Morgan fingerprint density at radius 1 is 1.40 bits per heavy atom. The lowest BCUT2D eigenvalue weighted by atomic mass is 9.93. The molecule has 0 saturated carbocycles. The number of rotatable bonds is 5. The van der Waals surface area contributed by atoms with E-state index in [2.05, 4.69) is 61.9 Å². The Bertz CT molecular complexity index is 405. The van der Waals surface area contributed by atoms with E-state index in [0.717, 1.165) is 18.2 Å². The maximum Gasteiger partial charge on any atom is 0.0944 e. The van der Waals surface area contributed by atoms with E-state index in [1.165, 1.54) is 28.0 Å². The first-order valence-electron chi connectivity index (χ1n) is 7.38. The van der Waals surface area contributed by atoms with Gasteiger partial charge in [0.2, 0.25) is 0 Å². The molecule has 1 N–H and O–H groups in total. The molecule has 2 unspecified atom stereocenters. The third-order valence-electron chi connectivity index (χ3n) is 3.47. The minimum atomic E-state index is 0.165. The van der Waals surface area contributed by atoms with Crippen molar-refractivity contribution in [3.8, 4) is 0 Å². The van der Waals surface area contributed by atoms with Crippen LogP contribution in [0.4, 0.5) is 0 Å². The molecule has 2 atom stereocenters. The van der Waals surface area contributed by atoms with E-state index >= 15 is 0 Å². The first-order valence-corrected chi connectivity index (χ1v) is 10.5. The molecule has 20 heavy (non-hydrogen) atoms. The average Bonchev–Trinajstić information content (AvgIpc) is 2.88. The lowest BCUT2D eigenvalue weighted by Crippen LogP contribution is -2.42. The Kier molecular flexibility index (Phi) is 6.26. The van der Waals surface area contributed by atoms with Crippen molar-refractivity contribution in [2.24, 2.45) is 0 Å². The van der Waals surface area contributed by atoms with E-state index in [1.54, 1.807) is 0 Å². The van der Waals surface area contributed by atoms with Crippen molar-refractivity contribution in [1.82, 2.24) is 10.3 Å². The van der Waals surface area contributed by atoms with Gasteiger partial charge in [-0.05, 0) is 6.54 Å². The standard InChI is InChI=1S/C15H26N2S3/c1-5-16-11(12-9-18-6-7-19-12)8-14-17-13(10-20-14)15(2,3)4/h10-12,16H,5-9H2,1-4H3. The predicted octanol–water partition coefficient (Wildman–Crippen LogP) is 3.81. The lowest BCUT2D eigenvalue weighted by Gasteiger charge is -2.29. The number of aromatic nitrogens is 1. The first-order chi connectivity index (χ1) is 9.50. The molecular weight excluding hydrogens is 304 g/mol. The maximum atomic E-state index is 4.86. The van der Waals surface area contributed by atoms with Crippen molar-refractivity contribution in [3.05, 3.63) is 16.1 Å². The van der Waals surface area contributed by atoms with Gasteiger partial charge < -0.3 is 5.32 Å². The number of nitrogens with zero attached hydrogens (tertiary/aromatic N) is 1. The SMILES string of the molecule is CCNC(Cc1nc(C(C)(C)C)cs1)C1CSCCS1. The van der Waals surface area contributed by atoms with Crippen molar-refractivity contribution < 1.29 is 0 Å². The summed E-state index contributed by atoms with van der Waals surface area (Å²) in [5.74, 6) is 3.88. The van der Waals surface area contributed by atoms with Gasteiger partial charge in [0.05, 0.1) is 10.7 Å². The number of hydrogen-bond acceptors (Lipinski definition) is 5. The summed E-state index contributed by atoms with van der Waals surface area (Å²) in [6.45, 7) is 9.96. The average molecular weight is 331 g/mol. The van der Waals surface area contributed by atoms with E-state index in [9.17, 15) is 0 Å². The highest BCUT2D eigenvalue weighted by molar-refractivity contribution is 8.06. The van der Waals surface area contributed by atoms with Crippen LogP contribution in [0.3, 0.4) is 0 Å². The second-order valence-corrected chi connectivity index (χ2v) is 9.67. The zero-order valence-corrected chi connectivity index (χ0v) is 15.4. The van der Waals surface area contributed by atoms with Gasteiger partial charge in [-0.2, -0.15) is 23.5 Å². The molecule has 1 aromatic heterocycles. The number of thiazole rings is 1. The lowest BCUT2D eigenvalue weighted by molar-refractivity contribution is 0.517. The van der Waals surface area contributed by atoms with Crippen molar-refractivity contribution in [2.45, 2.75) is 50.8 Å². The zero-order valence-electron chi connectivity index (χ0n) is 12.9. The monoisotopic (exact) mass is 330 g/mol. The number of thioether (sulfide) groups is 2. The van der Waals surface area contributed by atoms with E-state index in [1.807, 2.05) is 11.3 Å². The summed E-state index contributed by atoms with van der Waals surface area (Å²) in [4.78, 5) is 4.86. The molecule has 2 nitrogen and oxygen atoms in total. The number of likely N-dealkylation sites (N-methyl/N-ethyl adjacent to an activating group) is 1. The highest BCUT2D eigenvalue weighted by atomic mass is 32.2. The minimum absolute atomic E-state index is 0.165. The van der Waals surface area contributed by atoms with Gasteiger partial charge in [0, 0.05) is 45.8 Å². The Hall–Kier alpha value is 0.290. The van der Waals surface area contributed by atoms with Crippen LogP contribution in [0, 0.1) is 0 Å². The van der Waals surface area contributed by atoms with E-state index in [4.69, 9.17) is 4.98 Å². The second kappa shape index (κ2) is 7.52. The smallest absolute Gasteiger partial charge is 0.0944 e. The van der Waals surface area contributed by atoms with Gasteiger partial charge in [0.1, 0.15) is 0 Å². The topological polar surface area (TPSA) is 24.9 Å². The van der Waals surface area contributed by atoms with Gasteiger partial charge in [0.25, 0.3) is 0 Å². The van der Waals surface area contributed by atoms with Gasteiger partial charge in [-0.25, -0.2) is 4.98 Å². The Balaban J connectivity index is 2.01. The minimum Gasteiger partial charge on any atom is -0.313 e. The molecule has 0 spiro atoms. The van der Waals surface area contributed by atoms with Crippen LogP contribution in [0.25, 0.3) is 0 Å². The zero-order chi connectivity index (χ0) is 14.6. The third kappa shape index (κ3) is 4.65. The fourth-order valence-corrected chi connectivity index (χ4v) is 6.24. The van der Waals surface area contributed by atoms with E-state index in [0.29, 0.717) is 6.04 Å². The Labute approximate surface area is 135 Å². The van der Waals surface area contributed by atoms with Gasteiger partial charge >= 0.3 is 0 Å². The van der Waals surface area contributed by atoms with Crippen LogP contribution in [-0.4, -0.2) is 40.1 Å². The maximum absolute atomic E-state index is 4.86. The van der Waals surface area contributed by atoms with Crippen LogP contribution in [0.2, 0.25) is 0 Å². The molecule has 1 aliphatic heterocycles. The summed E-state index contributed by atoms with van der Waals surface area (Å²) >= 11 is 6.06. The van der Waals surface area contributed by atoms with Crippen LogP contribution < -0.4 is 5.32 Å². The number of nitrogens with one attached hydrogen (secondary N) is 1. The molecule has 2 rings (SSSR count). The molecule has 1 aliphatic rings. The second-order valence-electron chi connectivity index (χ2n) is 6.23. The summed E-state index contributed by atoms with van der Waals surface area (Å²) < 4.78 is 0. The molecule has 0 radical (unpaired) electrons. The summed E-state index contributed by atoms with van der Waals surface area (Å²) in [5.41, 5.74) is 1.40. The van der Waals surface area contributed by atoms with Crippen LogP contribution in [0.1, 0.15) is 38.4 Å². The molecule has 5 heteroatoms. The van der Waals surface area contributed by atoms with Crippen LogP contribution >= 0.6 is 34.9 Å².